The van der Waals surface area contributed by atoms with E-state index < -0.39 is 30.4 Å². The first-order chi connectivity index (χ1) is 17.6. The van der Waals surface area contributed by atoms with Crippen molar-refractivity contribution in [1.29, 1.82) is 0 Å². The monoisotopic (exact) mass is 525 g/mol. The fourth-order valence-electron chi connectivity index (χ4n) is 3.00. The van der Waals surface area contributed by atoms with Crippen molar-refractivity contribution in [3.8, 4) is 11.5 Å². The SMILES string of the molecule is CCCOC(=O)Oc1ccc(C[C@H](N)C(=O)O[C@@H](C)COC(=O)C(C)CCC)cc1OC(=O)OCCC. The molecule has 0 saturated carbocycles. The summed E-state index contributed by atoms with van der Waals surface area (Å²) in [6.45, 7) is 9.24. The predicted octanol–water partition coefficient (Wildman–Crippen LogP) is 4.32. The molecular weight excluding hydrogens is 486 g/mol. The molecular formula is C26H39NO10. The van der Waals surface area contributed by atoms with Crippen molar-refractivity contribution in [3.63, 3.8) is 0 Å². The molecule has 11 nitrogen and oxygen atoms in total. The molecule has 0 aromatic heterocycles. The summed E-state index contributed by atoms with van der Waals surface area (Å²) in [7, 11) is 0. The van der Waals surface area contributed by atoms with Gasteiger partial charge in [-0.2, -0.15) is 0 Å². The molecule has 0 heterocycles. The minimum atomic E-state index is -1.06. The number of nitrogens with two attached hydrogens (primary N) is 1. The Labute approximate surface area is 217 Å². The van der Waals surface area contributed by atoms with Gasteiger partial charge in [-0.1, -0.05) is 40.2 Å². The van der Waals surface area contributed by atoms with Gasteiger partial charge in [-0.25, -0.2) is 9.59 Å². The van der Waals surface area contributed by atoms with E-state index >= 15 is 0 Å². The maximum absolute atomic E-state index is 12.5. The Bertz CT molecular complexity index is 888. The average molecular weight is 526 g/mol. The smallest absolute Gasteiger partial charge is 0.462 e. The zero-order valence-corrected chi connectivity index (χ0v) is 22.3. The van der Waals surface area contributed by atoms with E-state index in [1.807, 2.05) is 20.8 Å². The highest BCUT2D eigenvalue weighted by atomic mass is 16.7. The van der Waals surface area contributed by atoms with Crippen LogP contribution in [0.25, 0.3) is 0 Å². The summed E-state index contributed by atoms with van der Waals surface area (Å²) in [5.74, 6) is -1.44. The fraction of sp³-hybridized carbons (Fsp3) is 0.615. The van der Waals surface area contributed by atoms with Crippen LogP contribution in [-0.2, 0) is 35.0 Å². The van der Waals surface area contributed by atoms with Gasteiger partial charge in [0.15, 0.2) is 11.5 Å². The minimum Gasteiger partial charge on any atom is -0.462 e. The van der Waals surface area contributed by atoms with Crippen molar-refractivity contribution >= 4 is 24.2 Å². The van der Waals surface area contributed by atoms with Crippen LogP contribution >= 0.6 is 0 Å². The lowest BCUT2D eigenvalue weighted by molar-refractivity contribution is -0.161. The van der Waals surface area contributed by atoms with E-state index in [0.717, 1.165) is 6.42 Å². The third kappa shape index (κ3) is 12.4. The van der Waals surface area contributed by atoms with Gasteiger partial charge in [0, 0.05) is 0 Å². The summed E-state index contributed by atoms with van der Waals surface area (Å²) in [5.41, 5.74) is 6.52. The number of esters is 2. The average Bonchev–Trinajstić information content (AvgIpc) is 2.86. The molecule has 1 aromatic rings. The van der Waals surface area contributed by atoms with E-state index in [1.54, 1.807) is 19.9 Å². The molecule has 1 aromatic carbocycles. The number of hydrogen-bond acceptors (Lipinski definition) is 11. The van der Waals surface area contributed by atoms with Crippen LogP contribution in [0.3, 0.4) is 0 Å². The number of benzene rings is 1. The Morgan fingerprint density at radius 3 is 1.97 bits per heavy atom. The van der Waals surface area contributed by atoms with Gasteiger partial charge < -0.3 is 34.2 Å². The predicted molar refractivity (Wildman–Crippen MR) is 133 cm³/mol. The maximum Gasteiger partial charge on any atom is 0.513 e. The summed E-state index contributed by atoms with van der Waals surface area (Å²) in [6, 6.07) is 3.30. The van der Waals surface area contributed by atoms with Gasteiger partial charge in [-0.05, 0) is 50.3 Å². The quantitative estimate of drug-likeness (QED) is 0.198. The van der Waals surface area contributed by atoms with E-state index in [-0.39, 0.29) is 49.6 Å². The molecule has 208 valence electrons. The van der Waals surface area contributed by atoms with Crippen molar-refractivity contribution in [2.24, 2.45) is 11.7 Å². The molecule has 3 atom stereocenters. The Morgan fingerprint density at radius 2 is 1.41 bits per heavy atom. The van der Waals surface area contributed by atoms with Gasteiger partial charge in [-0.15, -0.1) is 0 Å². The van der Waals surface area contributed by atoms with Gasteiger partial charge in [0.1, 0.15) is 18.8 Å². The molecule has 37 heavy (non-hydrogen) atoms. The van der Waals surface area contributed by atoms with Crippen LogP contribution in [0.15, 0.2) is 18.2 Å². The van der Waals surface area contributed by atoms with Gasteiger partial charge in [-0.3, -0.25) is 9.59 Å². The topological polar surface area (TPSA) is 150 Å². The van der Waals surface area contributed by atoms with Crippen molar-refractivity contribution in [2.75, 3.05) is 19.8 Å². The lowest BCUT2D eigenvalue weighted by atomic mass is 10.1. The Kier molecular flexibility index (Phi) is 14.7. The lowest BCUT2D eigenvalue weighted by Gasteiger charge is -2.18. The van der Waals surface area contributed by atoms with Crippen molar-refractivity contribution < 1.29 is 47.6 Å². The molecule has 0 spiro atoms. The van der Waals surface area contributed by atoms with Crippen molar-refractivity contribution in [3.05, 3.63) is 23.8 Å². The summed E-state index contributed by atoms with van der Waals surface area (Å²) in [6.07, 6.45) is 0.170. The summed E-state index contributed by atoms with van der Waals surface area (Å²) in [5, 5.41) is 0. The highest BCUT2D eigenvalue weighted by Crippen LogP contribution is 2.30. The Hall–Kier alpha value is -3.34. The number of ether oxygens (including phenoxy) is 6. The molecule has 0 aliphatic rings. The normalized spacial score (nSPS) is 13.0. The van der Waals surface area contributed by atoms with Gasteiger partial charge in [0.05, 0.1) is 19.1 Å². The highest BCUT2D eigenvalue weighted by molar-refractivity contribution is 5.76. The zero-order valence-electron chi connectivity index (χ0n) is 22.3. The number of carbonyl (C=O) groups is 4. The Balaban J connectivity index is 2.81. The molecule has 0 amide bonds. The molecule has 0 saturated heterocycles. The zero-order chi connectivity index (χ0) is 27.8. The lowest BCUT2D eigenvalue weighted by Crippen LogP contribution is -2.37. The first-order valence-corrected chi connectivity index (χ1v) is 12.6. The number of hydrogen-bond donors (Lipinski definition) is 1. The molecule has 0 radical (unpaired) electrons. The third-order valence-corrected chi connectivity index (χ3v) is 4.90. The number of rotatable bonds is 15. The molecule has 1 rings (SSSR count). The van der Waals surface area contributed by atoms with Crippen LogP contribution in [0.5, 0.6) is 11.5 Å². The minimum absolute atomic E-state index is 0.0276. The van der Waals surface area contributed by atoms with Gasteiger partial charge in [0.25, 0.3) is 0 Å². The van der Waals surface area contributed by atoms with Crippen LogP contribution in [0.1, 0.15) is 65.9 Å². The van der Waals surface area contributed by atoms with E-state index in [0.29, 0.717) is 24.8 Å². The van der Waals surface area contributed by atoms with Crippen LogP contribution in [-0.4, -0.2) is 56.2 Å². The first kappa shape index (κ1) is 31.7. The van der Waals surface area contributed by atoms with E-state index in [4.69, 9.17) is 34.2 Å². The van der Waals surface area contributed by atoms with E-state index in [9.17, 15) is 19.2 Å². The van der Waals surface area contributed by atoms with Gasteiger partial charge in [0.2, 0.25) is 0 Å². The van der Waals surface area contributed by atoms with Crippen molar-refractivity contribution in [2.45, 2.75) is 78.9 Å². The standard InChI is InChI=1S/C26H39NO10/c1-6-9-17(4)23(28)34-16-18(5)35-24(29)20(27)14-19-10-11-21(36-25(30)32-12-7-2)22(15-19)37-26(31)33-13-8-3/h10-11,15,17-18,20H,6-9,12-14,16,27H2,1-5H3/t17?,18-,20-/m0/s1. The van der Waals surface area contributed by atoms with Crippen LogP contribution in [0.4, 0.5) is 9.59 Å². The van der Waals surface area contributed by atoms with Gasteiger partial charge >= 0.3 is 24.2 Å². The van der Waals surface area contributed by atoms with Crippen LogP contribution < -0.4 is 15.2 Å². The second-order valence-corrected chi connectivity index (χ2v) is 8.56. The second kappa shape index (κ2) is 17.2. The summed E-state index contributed by atoms with van der Waals surface area (Å²) >= 11 is 0. The van der Waals surface area contributed by atoms with Crippen LogP contribution in [0.2, 0.25) is 0 Å². The fourth-order valence-corrected chi connectivity index (χ4v) is 3.00. The summed E-state index contributed by atoms with van der Waals surface area (Å²) in [4.78, 5) is 48.2. The molecule has 1 unspecified atom stereocenters. The maximum atomic E-state index is 12.5. The molecule has 11 heteroatoms. The molecule has 2 N–H and O–H groups in total. The van der Waals surface area contributed by atoms with Crippen molar-refractivity contribution in [1.82, 2.24) is 0 Å². The molecule has 0 aliphatic heterocycles. The Morgan fingerprint density at radius 1 is 0.811 bits per heavy atom. The van der Waals surface area contributed by atoms with E-state index in [1.165, 1.54) is 12.1 Å². The van der Waals surface area contributed by atoms with Crippen LogP contribution in [0, 0.1) is 5.92 Å². The largest absolute Gasteiger partial charge is 0.513 e. The second-order valence-electron chi connectivity index (χ2n) is 8.56. The third-order valence-electron chi connectivity index (χ3n) is 4.90. The molecule has 0 fully saturated rings. The molecule has 0 bridgehead atoms. The molecule has 0 aliphatic carbocycles. The first-order valence-electron chi connectivity index (χ1n) is 12.6. The van der Waals surface area contributed by atoms with E-state index in [2.05, 4.69) is 0 Å². The summed E-state index contributed by atoms with van der Waals surface area (Å²) < 4.78 is 30.6. The highest BCUT2D eigenvalue weighted by Gasteiger charge is 2.22. The number of carbonyl (C=O) groups excluding carboxylic acids is 4.